The predicted molar refractivity (Wildman–Crippen MR) is 64.0 cm³/mol. The van der Waals surface area contributed by atoms with Crippen LogP contribution in [0.5, 0.6) is 5.75 Å². The van der Waals surface area contributed by atoms with Crippen molar-refractivity contribution in [1.82, 2.24) is 0 Å². The maximum absolute atomic E-state index is 10.7. The summed E-state index contributed by atoms with van der Waals surface area (Å²) in [6, 6.07) is 3.74. The molecule has 0 heterocycles. The van der Waals surface area contributed by atoms with Gasteiger partial charge < -0.3 is 10.2 Å². The largest absolute Gasteiger partial charge is 0.507 e. The minimum absolute atomic E-state index is 0.294. The number of alkyl halides is 4. The maximum Gasteiger partial charge on any atom is 0.339 e. The van der Waals surface area contributed by atoms with Crippen LogP contribution in [0.25, 0.3) is 0 Å². The first-order valence-electron chi connectivity index (χ1n) is 4.00. The molecule has 0 aliphatic heterocycles. The first-order valence-corrected chi connectivity index (χ1v) is 5.57. The van der Waals surface area contributed by atoms with Crippen molar-refractivity contribution < 1.29 is 15.0 Å². The topological polar surface area (TPSA) is 57.5 Å². The molecule has 0 saturated heterocycles. The Balaban J connectivity index is 3.18. The van der Waals surface area contributed by atoms with Gasteiger partial charge in [0.1, 0.15) is 16.7 Å². The molecule has 0 spiro atoms. The van der Waals surface area contributed by atoms with E-state index in [1.54, 1.807) is 0 Å². The van der Waals surface area contributed by atoms with Gasteiger partial charge >= 0.3 is 5.97 Å². The van der Waals surface area contributed by atoms with Gasteiger partial charge in [0.2, 0.25) is 3.79 Å². The second kappa shape index (κ2) is 4.88. The lowest BCUT2D eigenvalue weighted by Gasteiger charge is -2.18. The summed E-state index contributed by atoms with van der Waals surface area (Å²) in [7, 11) is 0. The van der Waals surface area contributed by atoms with Crippen LogP contribution < -0.4 is 0 Å². The Morgan fingerprint density at radius 3 is 2.31 bits per heavy atom. The van der Waals surface area contributed by atoms with Gasteiger partial charge in [-0.05, 0) is 17.7 Å². The van der Waals surface area contributed by atoms with Crippen LogP contribution in [0.3, 0.4) is 0 Å². The van der Waals surface area contributed by atoms with Crippen LogP contribution in [0.15, 0.2) is 18.2 Å². The lowest BCUT2D eigenvalue weighted by molar-refractivity contribution is 0.0693. The highest BCUT2D eigenvalue weighted by atomic mass is 35.6. The Morgan fingerprint density at radius 2 is 1.88 bits per heavy atom. The highest BCUT2D eigenvalue weighted by Gasteiger charge is 2.32. The van der Waals surface area contributed by atoms with E-state index in [2.05, 4.69) is 0 Å². The minimum Gasteiger partial charge on any atom is -0.507 e. The second-order valence-electron chi connectivity index (χ2n) is 2.99. The van der Waals surface area contributed by atoms with Gasteiger partial charge in [-0.15, -0.1) is 11.6 Å². The van der Waals surface area contributed by atoms with Crippen LogP contribution in [-0.4, -0.2) is 20.0 Å². The number of phenols is 1. The van der Waals surface area contributed by atoms with Crippen LogP contribution in [0, 0.1) is 0 Å². The van der Waals surface area contributed by atoms with Gasteiger partial charge in [-0.2, -0.15) is 0 Å². The molecule has 1 rings (SSSR count). The molecule has 0 unspecified atom stereocenters. The number of hydrogen-bond donors (Lipinski definition) is 2. The van der Waals surface area contributed by atoms with E-state index in [4.69, 9.17) is 51.5 Å². The van der Waals surface area contributed by atoms with Gasteiger partial charge in [-0.1, -0.05) is 40.9 Å². The molecule has 16 heavy (non-hydrogen) atoms. The molecule has 0 bridgehead atoms. The SMILES string of the molecule is O=C(O)c1cc([C@@H](Cl)C(Cl)(Cl)Cl)ccc1O. The molecule has 1 aromatic rings. The average molecular weight is 304 g/mol. The number of carbonyl (C=O) groups is 1. The van der Waals surface area contributed by atoms with Gasteiger partial charge in [-0.25, -0.2) is 4.79 Å². The standard InChI is InChI=1S/C9H6Cl4O3/c10-7(9(11,12)13)4-1-2-6(14)5(3-4)8(15)16/h1-3,7,14H,(H,15,16)/t7-/m1/s1. The molecule has 3 nitrogen and oxygen atoms in total. The zero-order valence-electron chi connectivity index (χ0n) is 7.62. The van der Waals surface area contributed by atoms with E-state index in [1.165, 1.54) is 12.1 Å². The Kier molecular flexibility index (Phi) is 4.18. The molecular weight excluding hydrogens is 298 g/mol. The van der Waals surface area contributed by atoms with Crippen LogP contribution in [0.1, 0.15) is 21.3 Å². The Hall–Kier alpha value is -0.350. The first-order chi connectivity index (χ1) is 7.23. The van der Waals surface area contributed by atoms with Crippen molar-refractivity contribution >= 4 is 52.4 Å². The number of aromatic hydroxyl groups is 1. The summed E-state index contributed by atoms with van der Waals surface area (Å²) in [5.41, 5.74) is 0.00858. The van der Waals surface area contributed by atoms with Crippen molar-refractivity contribution in [3.63, 3.8) is 0 Å². The van der Waals surface area contributed by atoms with Gasteiger partial charge in [0.05, 0.1) is 0 Å². The first kappa shape index (κ1) is 13.7. The fourth-order valence-corrected chi connectivity index (χ4v) is 1.59. The normalized spacial score (nSPS) is 13.5. The summed E-state index contributed by atoms with van der Waals surface area (Å²) in [6.45, 7) is 0. The zero-order chi connectivity index (χ0) is 12.5. The third kappa shape index (κ3) is 3.08. The molecule has 0 amide bonds. The number of aromatic carboxylic acids is 1. The molecule has 0 radical (unpaired) electrons. The van der Waals surface area contributed by atoms with E-state index in [0.717, 1.165) is 6.07 Å². The number of carboxylic acid groups (broad SMARTS) is 1. The molecule has 2 N–H and O–H groups in total. The lowest BCUT2D eigenvalue weighted by atomic mass is 10.1. The average Bonchev–Trinajstić information content (AvgIpc) is 2.15. The van der Waals surface area contributed by atoms with Crippen molar-refractivity contribution in [2.75, 3.05) is 0 Å². The van der Waals surface area contributed by atoms with E-state index >= 15 is 0 Å². The maximum atomic E-state index is 10.7. The summed E-state index contributed by atoms with van der Waals surface area (Å²) in [5.74, 6) is -1.66. The number of hydrogen-bond acceptors (Lipinski definition) is 2. The van der Waals surface area contributed by atoms with Crippen LogP contribution in [0.4, 0.5) is 0 Å². The fraction of sp³-hybridized carbons (Fsp3) is 0.222. The van der Waals surface area contributed by atoms with E-state index < -0.39 is 15.1 Å². The summed E-state index contributed by atoms with van der Waals surface area (Å²) < 4.78 is -1.76. The summed E-state index contributed by atoms with van der Waals surface area (Å²) >= 11 is 22.6. The third-order valence-electron chi connectivity index (χ3n) is 1.83. The smallest absolute Gasteiger partial charge is 0.339 e. The monoisotopic (exact) mass is 302 g/mol. The quantitative estimate of drug-likeness (QED) is 0.818. The zero-order valence-corrected chi connectivity index (χ0v) is 10.6. The molecule has 88 valence electrons. The molecule has 0 fully saturated rings. The van der Waals surface area contributed by atoms with Gasteiger partial charge in [0.15, 0.2) is 0 Å². The van der Waals surface area contributed by atoms with E-state index in [-0.39, 0.29) is 11.3 Å². The van der Waals surface area contributed by atoms with E-state index in [9.17, 15) is 9.90 Å². The molecule has 0 aliphatic carbocycles. The molecule has 0 aliphatic rings. The number of rotatable bonds is 2. The number of benzene rings is 1. The van der Waals surface area contributed by atoms with E-state index in [0.29, 0.717) is 5.56 Å². The Labute approximate surface area is 111 Å². The van der Waals surface area contributed by atoms with Gasteiger partial charge in [-0.3, -0.25) is 0 Å². The molecule has 0 saturated carbocycles. The Morgan fingerprint density at radius 1 is 1.31 bits per heavy atom. The lowest BCUT2D eigenvalue weighted by Crippen LogP contribution is -2.12. The molecule has 1 aromatic carbocycles. The highest BCUT2D eigenvalue weighted by molar-refractivity contribution is 6.70. The highest BCUT2D eigenvalue weighted by Crippen LogP contribution is 2.44. The minimum atomic E-state index is -1.76. The van der Waals surface area contributed by atoms with E-state index in [1.807, 2.05) is 0 Å². The molecule has 7 heteroatoms. The number of carboxylic acids is 1. The van der Waals surface area contributed by atoms with Gasteiger partial charge in [0, 0.05) is 0 Å². The van der Waals surface area contributed by atoms with Crippen molar-refractivity contribution in [2.45, 2.75) is 9.17 Å². The molecule has 0 aromatic heterocycles. The molecular formula is C9H6Cl4O3. The van der Waals surface area contributed by atoms with Crippen LogP contribution in [0.2, 0.25) is 0 Å². The van der Waals surface area contributed by atoms with Gasteiger partial charge in [0.25, 0.3) is 0 Å². The Bertz CT molecular complexity index is 414. The number of halogens is 4. The summed E-state index contributed by atoms with van der Waals surface area (Å²) in [6.07, 6.45) is 0. The summed E-state index contributed by atoms with van der Waals surface area (Å²) in [5, 5.41) is 17.0. The third-order valence-corrected chi connectivity index (χ3v) is 3.40. The predicted octanol–water partition coefficient (Wildman–Crippen LogP) is 3.74. The van der Waals surface area contributed by atoms with Crippen LogP contribution >= 0.6 is 46.4 Å². The molecule has 1 atom stereocenters. The van der Waals surface area contributed by atoms with Crippen molar-refractivity contribution in [2.24, 2.45) is 0 Å². The van der Waals surface area contributed by atoms with Crippen molar-refractivity contribution in [3.8, 4) is 5.75 Å². The second-order valence-corrected chi connectivity index (χ2v) is 5.79. The van der Waals surface area contributed by atoms with Crippen LogP contribution in [-0.2, 0) is 0 Å². The fourth-order valence-electron chi connectivity index (χ4n) is 1.07. The summed E-state index contributed by atoms with van der Waals surface area (Å²) in [4.78, 5) is 10.7. The van der Waals surface area contributed by atoms with Crippen molar-refractivity contribution in [1.29, 1.82) is 0 Å². The van der Waals surface area contributed by atoms with Crippen molar-refractivity contribution in [3.05, 3.63) is 29.3 Å².